The summed E-state index contributed by atoms with van der Waals surface area (Å²) >= 11 is 0. The number of para-hydroxylation sites is 2. The maximum absolute atomic E-state index is 9.20. The SMILES string of the molecule is CCCc1ccccc1Nc1c(C)cccc1C#N. The van der Waals surface area contributed by atoms with Crippen molar-refractivity contribution < 1.29 is 0 Å². The van der Waals surface area contributed by atoms with Crippen LogP contribution in [0.15, 0.2) is 42.5 Å². The molecule has 0 aliphatic rings. The Hall–Kier alpha value is -2.27. The van der Waals surface area contributed by atoms with Gasteiger partial charge < -0.3 is 5.32 Å². The molecule has 1 N–H and O–H groups in total. The zero-order valence-corrected chi connectivity index (χ0v) is 11.4. The molecule has 2 aromatic carbocycles. The molecule has 0 saturated carbocycles. The van der Waals surface area contributed by atoms with E-state index in [1.54, 1.807) is 0 Å². The minimum atomic E-state index is 0.686. The van der Waals surface area contributed by atoms with Crippen LogP contribution in [0.4, 0.5) is 11.4 Å². The quantitative estimate of drug-likeness (QED) is 0.863. The van der Waals surface area contributed by atoms with E-state index in [-0.39, 0.29) is 0 Å². The van der Waals surface area contributed by atoms with E-state index >= 15 is 0 Å². The molecule has 19 heavy (non-hydrogen) atoms. The van der Waals surface area contributed by atoms with Gasteiger partial charge in [-0.15, -0.1) is 0 Å². The van der Waals surface area contributed by atoms with Gasteiger partial charge in [0.2, 0.25) is 0 Å². The fraction of sp³-hybridized carbons (Fsp3) is 0.235. The van der Waals surface area contributed by atoms with Gasteiger partial charge in [-0.2, -0.15) is 5.26 Å². The average molecular weight is 250 g/mol. The first-order valence-electron chi connectivity index (χ1n) is 6.61. The molecule has 0 aromatic heterocycles. The minimum absolute atomic E-state index is 0.686. The van der Waals surface area contributed by atoms with Gasteiger partial charge in [0, 0.05) is 5.69 Å². The maximum Gasteiger partial charge on any atom is 0.101 e. The Kier molecular flexibility index (Phi) is 4.20. The first-order valence-corrected chi connectivity index (χ1v) is 6.61. The summed E-state index contributed by atoms with van der Waals surface area (Å²) in [5.41, 5.74) is 5.07. The van der Waals surface area contributed by atoms with Crippen molar-refractivity contribution in [1.82, 2.24) is 0 Å². The van der Waals surface area contributed by atoms with E-state index in [1.165, 1.54) is 5.56 Å². The van der Waals surface area contributed by atoms with Crippen LogP contribution in [-0.2, 0) is 6.42 Å². The van der Waals surface area contributed by atoms with Crippen molar-refractivity contribution >= 4 is 11.4 Å². The lowest BCUT2D eigenvalue weighted by Gasteiger charge is -2.14. The lowest BCUT2D eigenvalue weighted by atomic mass is 10.1. The largest absolute Gasteiger partial charge is 0.354 e. The van der Waals surface area contributed by atoms with Gasteiger partial charge in [0.15, 0.2) is 0 Å². The zero-order valence-electron chi connectivity index (χ0n) is 11.4. The molecule has 0 aliphatic carbocycles. The van der Waals surface area contributed by atoms with Crippen LogP contribution in [0.3, 0.4) is 0 Å². The third kappa shape index (κ3) is 2.95. The van der Waals surface area contributed by atoms with Crippen molar-refractivity contribution in [3.63, 3.8) is 0 Å². The van der Waals surface area contributed by atoms with Gasteiger partial charge in [-0.1, -0.05) is 43.7 Å². The lowest BCUT2D eigenvalue weighted by molar-refractivity contribution is 0.923. The van der Waals surface area contributed by atoms with Crippen LogP contribution in [0.25, 0.3) is 0 Å². The maximum atomic E-state index is 9.20. The monoisotopic (exact) mass is 250 g/mol. The van der Waals surface area contributed by atoms with Gasteiger partial charge in [0.1, 0.15) is 6.07 Å². The Morgan fingerprint density at radius 3 is 2.63 bits per heavy atom. The Bertz CT molecular complexity index is 609. The highest BCUT2D eigenvalue weighted by molar-refractivity contribution is 5.71. The molecule has 0 radical (unpaired) electrons. The molecule has 2 heteroatoms. The summed E-state index contributed by atoms with van der Waals surface area (Å²) in [6, 6.07) is 16.3. The highest BCUT2D eigenvalue weighted by Gasteiger charge is 2.07. The third-order valence-electron chi connectivity index (χ3n) is 3.19. The summed E-state index contributed by atoms with van der Waals surface area (Å²) in [7, 11) is 0. The lowest BCUT2D eigenvalue weighted by Crippen LogP contribution is -1.99. The van der Waals surface area contributed by atoms with Gasteiger partial charge in [-0.05, 0) is 36.6 Å². The average Bonchev–Trinajstić information content (AvgIpc) is 2.43. The number of hydrogen-bond donors (Lipinski definition) is 1. The van der Waals surface area contributed by atoms with Crippen LogP contribution >= 0.6 is 0 Å². The van der Waals surface area contributed by atoms with E-state index in [0.29, 0.717) is 5.56 Å². The van der Waals surface area contributed by atoms with Crippen LogP contribution < -0.4 is 5.32 Å². The molecule has 0 heterocycles. The highest BCUT2D eigenvalue weighted by atomic mass is 14.9. The van der Waals surface area contributed by atoms with Crippen molar-refractivity contribution in [2.75, 3.05) is 5.32 Å². The highest BCUT2D eigenvalue weighted by Crippen LogP contribution is 2.27. The molecule has 2 nitrogen and oxygen atoms in total. The molecule has 0 spiro atoms. The van der Waals surface area contributed by atoms with E-state index in [1.807, 2.05) is 31.2 Å². The van der Waals surface area contributed by atoms with Crippen molar-refractivity contribution in [3.05, 3.63) is 59.2 Å². The predicted octanol–water partition coefficient (Wildman–Crippen LogP) is 4.56. The minimum Gasteiger partial charge on any atom is -0.354 e. The Morgan fingerprint density at radius 1 is 1.11 bits per heavy atom. The third-order valence-corrected chi connectivity index (χ3v) is 3.19. The zero-order chi connectivity index (χ0) is 13.7. The van der Waals surface area contributed by atoms with Crippen LogP contribution in [-0.4, -0.2) is 0 Å². The van der Waals surface area contributed by atoms with Gasteiger partial charge >= 0.3 is 0 Å². The summed E-state index contributed by atoms with van der Waals surface area (Å²) in [4.78, 5) is 0. The summed E-state index contributed by atoms with van der Waals surface area (Å²) in [5.74, 6) is 0. The molecule has 0 fully saturated rings. The molecule has 0 saturated heterocycles. The van der Waals surface area contributed by atoms with Crippen molar-refractivity contribution in [1.29, 1.82) is 5.26 Å². The van der Waals surface area contributed by atoms with E-state index in [9.17, 15) is 5.26 Å². The number of nitrogens with one attached hydrogen (secondary N) is 1. The first-order chi connectivity index (χ1) is 9.26. The van der Waals surface area contributed by atoms with Gasteiger partial charge in [-0.25, -0.2) is 0 Å². The molecular formula is C17H18N2. The normalized spacial score (nSPS) is 9.95. The van der Waals surface area contributed by atoms with Gasteiger partial charge in [0.05, 0.1) is 11.3 Å². The molecular weight excluding hydrogens is 232 g/mol. The molecule has 0 unspecified atom stereocenters. The molecule has 0 atom stereocenters. The second-order valence-electron chi connectivity index (χ2n) is 4.64. The van der Waals surface area contributed by atoms with Crippen LogP contribution in [0.5, 0.6) is 0 Å². The number of rotatable bonds is 4. The van der Waals surface area contributed by atoms with Crippen molar-refractivity contribution in [3.8, 4) is 6.07 Å². The summed E-state index contributed by atoms with van der Waals surface area (Å²) in [5, 5.41) is 12.6. The molecule has 0 amide bonds. The van der Waals surface area contributed by atoms with Crippen molar-refractivity contribution in [2.24, 2.45) is 0 Å². The topological polar surface area (TPSA) is 35.8 Å². The first kappa shape index (κ1) is 13.2. The second-order valence-corrected chi connectivity index (χ2v) is 4.64. The smallest absolute Gasteiger partial charge is 0.101 e. The molecule has 0 bridgehead atoms. The molecule has 2 aromatic rings. The van der Waals surface area contributed by atoms with Gasteiger partial charge in [-0.3, -0.25) is 0 Å². The Morgan fingerprint density at radius 2 is 1.89 bits per heavy atom. The summed E-state index contributed by atoms with van der Waals surface area (Å²) in [6.07, 6.45) is 2.15. The van der Waals surface area contributed by atoms with Crippen LogP contribution in [0.1, 0.15) is 30.0 Å². The van der Waals surface area contributed by atoms with Crippen LogP contribution in [0.2, 0.25) is 0 Å². The number of hydrogen-bond acceptors (Lipinski definition) is 2. The fourth-order valence-corrected chi connectivity index (χ4v) is 2.19. The number of anilines is 2. The number of benzene rings is 2. The molecule has 0 aliphatic heterocycles. The summed E-state index contributed by atoms with van der Waals surface area (Å²) < 4.78 is 0. The standard InChI is InChI=1S/C17H18N2/c1-3-7-14-9-4-5-11-16(14)19-17-13(2)8-6-10-15(17)12-18/h4-6,8-11,19H,3,7H2,1-2H3. The van der Waals surface area contributed by atoms with E-state index in [0.717, 1.165) is 29.8 Å². The number of nitrogens with zero attached hydrogens (tertiary/aromatic N) is 1. The predicted molar refractivity (Wildman–Crippen MR) is 79.6 cm³/mol. The number of aryl methyl sites for hydroxylation is 2. The second kappa shape index (κ2) is 6.06. The van der Waals surface area contributed by atoms with E-state index in [4.69, 9.17) is 0 Å². The summed E-state index contributed by atoms with van der Waals surface area (Å²) in [6.45, 7) is 4.19. The van der Waals surface area contributed by atoms with E-state index in [2.05, 4.69) is 36.5 Å². The van der Waals surface area contributed by atoms with Gasteiger partial charge in [0.25, 0.3) is 0 Å². The van der Waals surface area contributed by atoms with E-state index < -0.39 is 0 Å². The molecule has 96 valence electrons. The Balaban J connectivity index is 2.39. The fourth-order valence-electron chi connectivity index (χ4n) is 2.19. The van der Waals surface area contributed by atoms with Crippen LogP contribution in [0, 0.1) is 18.3 Å². The molecule has 2 rings (SSSR count). The Labute approximate surface area is 114 Å². The van der Waals surface area contributed by atoms with Crippen molar-refractivity contribution in [2.45, 2.75) is 26.7 Å². The number of nitriles is 1.